The first-order valence-corrected chi connectivity index (χ1v) is 5.68. The molecule has 76 valence electrons. The Balaban J connectivity index is 1.95. The van der Waals surface area contributed by atoms with Crippen LogP contribution in [0.25, 0.3) is 0 Å². The third-order valence-electron chi connectivity index (χ3n) is 2.21. The summed E-state index contributed by atoms with van der Waals surface area (Å²) in [5, 5.41) is 1.66. The van der Waals surface area contributed by atoms with Gasteiger partial charge in [-0.15, -0.1) is 11.8 Å². The van der Waals surface area contributed by atoms with Crippen LogP contribution in [0, 0.1) is 0 Å². The van der Waals surface area contributed by atoms with Gasteiger partial charge in [-0.1, -0.05) is 0 Å². The minimum Gasteiger partial charge on any atom is -0.399 e. The Hall–Kier alpha value is -0.740. The van der Waals surface area contributed by atoms with Gasteiger partial charge in [-0.05, 0) is 25.0 Å². The van der Waals surface area contributed by atoms with Crippen molar-refractivity contribution in [3.05, 3.63) is 18.3 Å². The van der Waals surface area contributed by atoms with Crippen molar-refractivity contribution in [2.24, 2.45) is 0 Å². The molecule has 0 unspecified atom stereocenters. The predicted octanol–water partition coefficient (Wildman–Crippen LogP) is 1.93. The highest BCUT2D eigenvalue weighted by atomic mass is 32.2. The fourth-order valence-corrected chi connectivity index (χ4v) is 2.55. The first-order valence-electron chi connectivity index (χ1n) is 4.80. The van der Waals surface area contributed by atoms with Gasteiger partial charge in [0, 0.05) is 30.3 Å². The zero-order chi connectivity index (χ0) is 9.80. The van der Waals surface area contributed by atoms with E-state index in [4.69, 9.17) is 10.5 Å². The van der Waals surface area contributed by atoms with Crippen molar-refractivity contribution in [3.8, 4) is 0 Å². The monoisotopic (exact) mass is 210 g/mol. The first kappa shape index (κ1) is 9.80. The van der Waals surface area contributed by atoms with Crippen LogP contribution in [-0.4, -0.2) is 23.4 Å². The third kappa shape index (κ3) is 2.62. The van der Waals surface area contributed by atoms with Crippen molar-refractivity contribution in [2.45, 2.75) is 23.1 Å². The van der Waals surface area contributed by atoms with Gasteiger partial charge in [0.25, 0.3) is 0 Å². The normalized spacial score (nSPS) is 18.3. The highest BCUT2D eigenvalue weighted by molar-refractivity contribution is 7.99. The van der Waals surface area contributed by atoms with E-state index in [-0.39, 0.29) is 0 Å². The summed E-state index contributed by atoms with van der Waals surface area (Å²) >= 11 is 1.81. The minimum absolute atomic E-state index is 0.637. The second-order valence-corrected chi connectivity index (χ2v) is 4.68. The van der Waals surface area contributed by atoms with Crippen LogP contribution in [0.15, 0.2) is 23.4 Å². The van der Waals surface area contributed by atoms with Gasteiger partial charge < -0.3 is 10.5 Å². The summed E-state index contributed by atoms with van der Waals surface area (Å²) < 4.78 is 5.30. The molecule has 0 bridgehead atoms. The molecule has 0 spiro atoms. The van der Waals surface area contributed by atoms with E-state index in [0.717, 1.165) is 36.8 Å². The van der Waals surface area contributed by atoms with Crippen LogP contribution in [0.2, 0.25) is 0 Å². The van der Waals surface area contributed by atoms with Crippen LogP contribution in [0.3, 0.4) is 0 Å². The topological polar surface area (TPSA) is 48.1 Å². The fraction of sp³-hybridized carbons (Fsp3) is 0.500. The van der Waals surface area contributed by atoms with Crippen LogP contribution in [0.4, 0.5) is 5.69 Å². The van der Waals surface area contributed by atoms with Crippen molar-refractivity contribution in [3.63, 3.8) is 0 Å². The van der Waals surface area contributed by atoms with Crippen LogP contribution < -0.4 is 5.73 Å². The van der Waals surface area contributed by atoms with Crippen molar-refractivity contribution in [1.82, 2.24) is 4.98 Å². The largest absolute Gasteiger partial charge is 0.399 e. The first-order chi connectivity index (χ1) is 6.84. The van der Waals surface area contributed by atoms with Crippen molar-refractivity contribution in [2.75, 3.05) is 18.9 Å². The predicted molar refractivity (Wildman–Crippen MR) is 58.3 cm³/mol. The molecule has 1 saturated heterocycles. The standard InChI is InChI=1S/C10H14N2OS/c11-8-1-4-12-10(7-8)14-9-2-5-13-6-3-9/h1,4,7,9H,2-3,5-6H2,(H2,11,12). The molecule has 0 saturated carbocycles. The molecule has 1 fully saturated rings. The minimum atomic E-state index is 0.637. The van der Waals surface area contributed by atoms with Gasteiger partial charge in [-0.3, -0.25) is 0 Å². The van der Waals surface area contributed by atoms with Crippen LogP contribution in [-0.2, 0) is 4.74 Å². The Morgan fingerprint density at radius 1 is 1.43 bits per heavy atom. The van der Waals surface area contributed by atoms with E-state index in [1.54, 1.807) is 6.20 Å². The SMILES string of the molecule is Nc1ccnc(SC2CCOCC2)c1. The number of thioether (sulfide) groups is 1. The number of pyridine rings is 1. The van der Waals surface area contributed by atoms with Gasteiger partial charge in [0.1, 0.15) is 0 Å². The average molecular weight is 210 g/mol. The summed E-state index contributed by atoms with van der Waals surface area (Å²) in [5.74, 6) is 0. The van der Waals surface area contributed by atoms with Crippen LogP contribution in [0.1, 0.15) is 12.8 Å². The van der Waals surface area contributed by atoms with E-state index in [9.17, 15) is 0 Å². The van der Waals surface area contributed by atoms with Crippen molar-refractivity contribution < 1.29 is 4.74 Å². The van der Waals surface area contributed by atoms with Gasteiger partial charge >= 0.3 is 0 Å². The number of ether oxygens (including phenoxy) is 1. The lowest BCUT2D eigenvalue weighted by molar-refractivity contribution is 0.1000. The zero-order valence-corrected chi connectivity index (χ0v) is 8.80. The maximum Gasteiger partial charge on any atom is 0.0983 e. The molecule has 3 nitrogen and oxygen atoms in total. The van der Waals surface area contributed by atoms with Crippen LogP contribution >= 0.6 is 11.8 Å². The maximum absolute atomic E-state index is 5.69. The van der Waals surface area contributed by atoms with Gasteiger partial charge in [0.2, 0.25) is 0 Å². The van der Waals surface area contributed by atoms with E-state index in [1.165, 1.54) is 0 Å². The molecule has 1 aromatic heterocycles. The fourth-order valence-electron chi connectivity index (χ4n) is 1.45. The van der Waals surface area contributed by atoms with Crippen molar-refractivity contribution >= 4 is 17.4 Å². The Kier molecular flexibility index (Phi) is 3.26. The number of nitrogens with two attached hydrogens (primary N) is 1. The molecule has 0 atom stereocenters. The van der Waals surface area contributed by atoms with Crippen LogP contribution in [0.5, 0.6) is 0 Å². The molecule has 0 aliphatic carbocycles. The lowest BCUT2D eigenvalue weighted by atomic mass is 10.2. The van der Waals surface area contributed by atoms with E-state index in [0.29, 0.717) is 5.25 Å². The smallest absolute Gasteiger partial charge is 0.0983 e. The highest BCUT2D eigenvalue weighted by Crippen LogP contribution is 2.28. The number of hydrogen-bond acceptors (Lipinski definition) is 4. The van der Waals surface area contributed by atoms with E-state index in [2.05, 4.69) is 4.98 Å². The molecule has 0 radical (unpaired) electrons. The highest BCUT2D eigenvalue weighted by Gasteiger charge is 2.15. The number of hydrogen-bond donors (Lipinski definition) is 1. The average Bonchev–Trinajstić information content (AvgIpc) is 2.19. The van der Waals surface area contributed by atoms with Gasteiger partial charge in [0.15, 0.2) is 0 Å². The molecule has 1 aliphatic heterocycles. The number of aromatic nitrogens is 1. The van der Waals surface area contributed by atoms with Crippen molar-refractivity contribution in [1.29, 1.82) is 0 Å². The molecule has 0 amide bonds. The molecule has 2 N–H and O–H groups in total. The number of nitrogens with zero attached hydrogens (tertiary/aromatic N) is 1. The molecule has 4 heteroatoms. The summed E-state index contributed by atoms with van der Waals surface area (Å²) in [6.45, 7) is 1.75. The lowest BCUT2D eigenvalue weighted by Crippen LogP contribution is -2.17. The molecule has 14 heavy (non-hydrogen) atoms. The summed E-state index contributed by atoms with van der Waals surface area (Å²) in [7, 11) is 0. The molecule has 1 aromatic rings. The number of nitrogen functional groups attached to an aromatic ring is 1. The second-order valence-electron chi connectivity index (χ2n) is 3.36. The molecular formula is C10H14N2OS. The zero-order valence-electron chi connectivity index (χ0n) is 7.98. The molecule has 2 rings (SSSR count). The van der Waals surface area contributed by atoms with Gasteiger partial charge in [-0.25, -0.2) is 4.98 Å². The summed E-state index contributed by atoms with van der Waals surface area (Å²) in [6.07, 6.45) is 3.99. The summed E-state index contributed by atoms with van der Waals surface area (Å²) in [5.41, 5.74) is 6.47. The van der Waals surface area contributed by atoms with Gasteiger partial charge in [-0.2, -0.15) is 0 Å². The van der Waals surface area contributed by atoms with E-state index in [1.807, 2.05) is 23.9 Å². The molecule has 0 aromatic carbocycles. The Labute approximate surface area is 88.0 Å². The summed E-state index contributed by atoms with van der Waals surface area (Å²) in [4.78, 5) is 4.28. The quantitative estimate of drug-likeness (QED) is 0.810. The number of anilines is 1. The van der Waals surface area contributed by atoms with Gasteiger partial charge in [0.05, 0.1) is 5.03 Å². The molecular weight excluding hydrogens is 196 g/mol. The number of rotatable bonds is 2. The lowest BCUT2D eigenvalue weighted by Gasteiger charge is -2.20. The maximum atomic E-state index is 5.69. The Morgan fingerprint density at radius 3 is 2.93 bits per heavy atom. The Bertz CT molecular complexity index is 300. The third-order valence-corrected chi connectivity index (χ3v) is 3.48. The second kappa shape index (κ2) is 4.66. The molecule has 2 heterocycles. The van der Waals surface area contributed by atoms with E-state index >= 15 is 0 Å². The summed E-state index contributed by atoms with van der Waals surface area (Å²) in [6, 6.07) is 3.74. The molecule has 1 aliphatic rings. The Morgan fingerprint density at radius 2 is 2.21 bits per heavy atom. The van der Waals surface area contributed by atoms with E-state index < -0.39 is 0 Å².